The number of hydrogen-bond acceptors (Lipinski definition) is 9. The number of aliphatic hydroxyl groups is 1. The van der Waals surface area contributed by atoms with E-state index in [0.717, 1.165) is 68.1 Å². The molecule has 2 N–H and O–H groups in total. The van der Waals surface area contributed by atoms with Crippen molar-refractivity contribution in [3.8, 4) is 5.75 Å². The number of nitrogens with one attached hydrogen (secondary N) is 1. The first-order chi connectivity index (χ1) is 20.5. The Hall–Kier alpha value is -2.24. The van der Waals surface area contributed by atoms with Crippen molar-refractivity contribution in [2.45, 2.75) is 69.2 Å². The number of anilines is 1. The molecule has 1 saturated carbocycles. The molecule has 5 rings (SSSR count). The van der Waals surface area contributed by atoms with Gasteiger partial charge in [0.25, 0.3) is 0 Å². The van der Waals surface area contributed by atoms with Crippen LogP contribution in [0, 0.1) is 0 Å². The molecule has 0 aromatic heterocycles. The van der Waals surface area contributed by atoms with Crippen molar-refractivity contribution < 1.29 is 33.5 Å². The van der Waals surface area contributed by atoms with E-state index in [1.807, 2.05) is 0 Å². The quantitative estimate of drug-likeness (QED) is 0.287. The Morgan fingerprint density at radius 2 is 1.79 bits per heavy atom. The fourth-order valence-corrected chi connectivity index (χ4v) is 5.86. The maximum absolute atomic E-state index is 9.92. The predicted octanol–water partition coefficient (Wildman–Crippen LogP) is 3.66. The number of rotatable bonds is 16. The average Bonchev–Trinajstić information content (AvgIpc) is 3.80. The van der Waals surface area contributed by atoms with Crippen LogP contribution in [0.4, 0.5) is 5.69 Å². The fraction of sp³-hybridized carbons (Fsp3) is 0.636. The summed E-state index contributed by atoms with van der Waals surface area (Å²) in [6.45, 7) is 8.37. The minimum Gasteiger partial charge on any atom is -0.490 e. The Bertz CT molecular complexity index is 1110. The standard InChI is InChI=1S/C33H48N2O7/c1-24(36)20-41-30-18-34-19-31(32(30)27-8-5-25(6-9-27)21-39-23-33(38-3)11-12-33)42-22-26-7-10-29-28(17-26)35(14-16-40-29)13-4-15-37-2/h5-10,17,24,30-32,34,36H,4,11-16,18-23H2,1-3H3/t24-,30-,31+,32+/m1/s1. The molecule has 2 heterocycles. The lowest BCUT2D eigenvalue weighted by atomic mass is 9.85. The monoisotopic (exact) mass is 584 g/mol. The van der Waals surface area contributed by atoms with Gasteiger partial charge < -0.3 is 43.7 Å². The molecule has 0 unspecified atom stereocenters. The van der Waals surface area contributed by atoms with E-state index >= 15 is 0 Å². The van der Waals surface area contributed by atoms with E-state index in [1.54, 1.807) is 21.1 Å². The van der Waals surface area contributed by atoms with Gasteiger partial charge in [0.1, 0.15) is 12.4 Å². The van der Waals surface area contributed by atoms with E-state index < -0.39 is 6.10 Å². The fourth-order valence-electron chi connectivity index (χ4n) is 5.86. The summed E-state index contributed by atoms with van der Waals surface area (Å²) in [7, 11) is 3.50. The van der Waals surface area contributed by atoms with Gasteiger partial charge in [-0.2, -0.15) is 0 Å². The lowest BCUT2D eigenvalue weighted by molar-refractivity contribution is -0.0752. The highest BCUT2D eigenvalue weighted by atomic mass is 16.5. The van der Waals surface area contributed by atoms with Crippen LogP contribution in [0.25, 0.3) is 0 Å². The number of ether oxygens (including phenoxy) is 6. The highest BCUT2D eigenvalue weighted by Gasteiger charge is 2.43. The highest BCUT2D eigenvalue weighted by molar-refractivity contribution is 5.61. The van der Waals surface area contributed by atoms with Gasteiger partial charge >= 0.3 is 0 Å². The Labute approximate surface area is 250 Å². The third-order valence-electron chi connectivity index (χ3n) is 8.51. The van der Waals surface area contributed by atoms with Gasteiger partial charge in [-0.3, -0.25) is 0 Å². The average molecular weight is 585 g/mol. The van der Waals surface area contributed by atoms with E-state index in [9.17, 15) is 5.11 Å². The Balaban J connectivity index is 1.25. The molecule has 4 atom stereocenters. The molecule has 9 heteroatoms. The van der Waals surface area contributed by atoms with Crippen LogP contribution in [0.15, 0.2) is 42.5 Å². The van der Waals surface area contributed by atoms with Gasteiger partial charge in [-0.15, -0.1) is 0 Å². The summed E-state index contributed by atoms with van der Waals surface area (Å²) in [4.78, 5) is 2.37. The second-order valence-electron chi connectivity index (χ2n) is 11.9. The molecule has 2 aromatic rings. The lowest BCUT2D eigenvalue weighted by Gasteiger charge is -2.39. The van der Waals surface area contributed by atoms with Crippen molar-refractivity contribution >= 4 is 5.69 Å². The molecule has 1 saturated heterocycles. The Morgan fingerprint density at radius 1 is 1.02 bits per heavy atom. The molecule has 232 valence electrons. The predicted molar refractivity (Wildman–Crippen MR) is 161 cm³/mol. The van der Waals surface area contributed by atoms with Crippen LogP contribution in [0.5, 0.6) is 5.75 Å². The van der Waals surface area contributed by atoms with E-state index in [0.29, 0.717) is 33.0 Å². The van der Waals surface area contributed by atoms with Gasteiger partial charge in [0.15, 0.2) is 0 Å². The van der Waals surface area contributed by atoms with Crippen molar-refractivity contribution in [3.63, 3.8) is 0 Å². The van der Waals surface area contributed by atoms with Crippen LogP contribution in [0.2, 0.25) is 0 Å². The first-order valence-electron chi connectivity index (χ1n) is 15.3. The van der Waals surface area contributed by atoms with Crippen LogP contribution < -0.4 is 15.0 Å². The summed E-state index contributed by atoms with van der Waals surface area (Å²) in [5.41, 5.74) is 4.45. The van der Waals surface area contributed by atoms with Crippen LogP contribution >= 0.6 is 0 Å². The van der Waals surface area contributed by atoms with E-state index in [4.69, 9.17) is 28.4 Å². The number of benzene rings is 2. The molecule has 0 bridgehead atoms. The number of hydrogen-bond donors (Lipinski definition) is 2. The van der Waals surface area contributed by atoms with Crippen LogP contribution in [0.1, 0.15) is 48.8 Å². The number of piperidine rings is 1. The summed E-state index contributed by atoms with van der Waals surface area (Å²) in [5.74, 6) is 0.944. The minimum absolute atomic E-state index is 0.0229. The molecule has 3 aliphatic rings. The molecule has 0 spiro atoms. The minimum atomic E-state index is -0.530. The van der Waals surface area contributed by atoms with Crippen molar-refractivity contribution in [2.24, 2.45) is 0 Å². The van der Waals surface area contributed by atoms with Crippen molar-refractivity contribution in [1.82, 2.24) is 5.32 Å². The topological polar surface area (TPSA) is 90.9 Å². The van der Waals surface area contributed by atoms with Gasteiger partial charge in [0.2, 0.25) is 0 Å². The molecule has 9 nitrogen and oxygen atoms in total. The summed E-state index contributed by atoms with van der Waals surface area (Å²) in [5, 5.41) is 13.4. The van der Waals surface area contributed by atoms with E-state index in [-0.39, 0.29) is 30.3 Å². The van der Waals surface area contributed by atoms with Crippen LogP contribution in [0.3, 0.4) is 0 Å². The molecule has 2 fully saturated rings. The van der Waals surface area contributed by atoms with Crippen molar-refractivity contribution in [3.05, 3.63) is 59.2 Å². The maximum Gasteiger partial charge on any atom is 0.142 e. The van der Waals surface area contributed by atoms with Crippen molar-refractivity contribution in [2.75, 3.05) is 71.7 Å². The lowest BCUT2D eigenvalue weighted by Crippen LogP contribution is -2.51. The Morgan fingerprint density at radius 3 is 2.50 bits per heavy atom. The number of methoxy groups -OCH3 is 2. The van der Waals surface area contributed by atoms with Gasteiger partial charge in [0, 0.05) is 46.4 Å². The SMILES string of the molecule is COCCCN1CCOc2ccc(CO[C@H]3CNC[C@@H](OC[C@@H](C)O)[C@@H]3c3ccc(COCC4(OC)CC4)cc3)cc21. The second-order valence-corrected chi connectivity index (χ2v) is 11.9. The molecular formula is C33H48N2O7. The molecule has 0 radical (unpaired) electrons. The van der Waals surface area contributed by atoms with Crippen LogP contribution in [-0.4, -0.2) is 95.8 Å². The number of aliphatic hydroxyl groups excluding tert-OH is 1. The molecular weight excluding hydrogens is 536 g/mol. The summed E-state index contributed by atoms with van der Waals surface area (Å²) < 4.78 is 35.6. The van der Waals surface area contributed by atoms with Gasteiger partial charge in [-0.25, -0.2) is 0 Å². The molecule has 42 heavy (non-hydrogen) atoms. The molecule has 2 aromatic carbocycles. The number of nitrogens with zero attached hydrogens (tertiary/aromatic N) is 1. The summed E-state index contributed by atoms with van der Waals surface area (Å²) in [6, 6.07) is 14.9. The van der Waals surface area contributed by atoms with E-state index in [1.165, 1.54) is 5.56 Å². The van der Waals surface area contributed by atoms with Gasteiger partial charge in [0.05, 0.1) is 62.6 Å². The normalized spacial score (nSPS) is 23.7. The summed E-state index contributed by atoms with van der Waals surface area (Å²) >= 11 is 0. The van der Waals surface area contributed by atoms with E-state index in [2.05, 4.69) is 52.7 Å². The summed E-state index contributed by atoms with van der Waals surface area (Å²) in [6.07, 6.45) is 2.36. The molecule has 1 aliphatic carbocycles. The highest BCUT2D eigenvalue weighted by Crippen LogP contribution is 2.39. The zero-order chi connectivity index (χ0) is 29.4. The van der Waals surface area contributed by atoms with Gasteiger partial charge in [-0.05, 0) is 55.0 Å². The van der Waals surface area contributed by atoms with Gasteiger partial charge in [-0.1, -0.05) is 30.3 Å². The Kier molecular flexibility index (Phi) is 11.1. The molecule has 0 amide bonds. The zero-order valence-corrected chi connectivity index (χ0v) is 25.4. The van der Waals surface area contributed by atoms with Crippen LogP contribution in [-0.2, 0) is 36.9 Å². The first kappa shape index (κ1) is 31.2. The largest absolute Gasteiger partial charge is 0.490 e. The number of fused-ring (bicyclic) bond motifs is 1. The zero-order valence-electron chi connectivity index (χ0n) is 25.4. The third kappa shape index (κ3) is 8.23. The second kappa shape index (κ2) is 15.0. The third-order valence-corrected chi connectivity index (χ3v) is 8.51. The molecule has 2 aliphatic heterocycles. The first-order valence-corrected chi connectivity index (χ1v) is 15.3. The van der Waals surface area contributed by atoms with Crippen molar-refractivity contribution in [1.29, 1.82) is 0 Å². The smallest absolute Gasteiger partial charge is 0.142 e. The maximum atomic E-state index is 9.92.